The monoisotopic (exact) mass is 391 g/mol. The summed E-state index contributed by atoms with van der Waals surface area (Å²) in [6, 6.07) is -0.0403. The van der Waals surface area contributed by atoms with Gasteiger partial charge in [-0.3, -0.25) is 4.57 Å². The average molecular weight is 391 g/mol. The van der Waals surface area contributed by atoms with E-state index in [-0.39, 0.29) is 31.0 Å². The van der Waals surface area contributed by atoms with Crippen LogP contribution in [0.25, 0.3) is 11.2 Å². The molecule has 6 unspecified atom stereocenters. The standard InChI is InChI=1S/C18H25N5O5/c1-18(2)27-13-11(6-24)26-17(14(13)28-18)23-8-21-12-15(19-7-20-16(12)23)22-9-4-3-5-10(9)25/h7-11,13-14,17,24-25H,3-6H2,1-2H3,(H,19,20,22). The van der Waals surface area contributed by atoms with Gasteiger partial charge in [0.05, 0.1) is 25.1 Å². The molecule has 2 aliphatic heterocycles. The fourth-order valence-electron chi connectivity index (χ4n) is 4.46. The molecule has 2 aromatic heterocycles. The quantitative estimate of drug-likeness (QED) is 0.686. The number of aliphatic hydroxyl groups is 2. The van der Waals surface area contributed by atoms with E-state index in [9.17, 15) is 10.2 Å². The van der Waals surface area contributed by atoms with Crippen molar-refractivity contribution in [2.24, 2.45) is 0 Å². The van der Waals surface area contributed by atoms with Crippen LogP contribution in [0, 0.1) is 0 Å². The highest BCUT2D eigenvalue weighted by Gasteiger charge is 2.56. The highest BCUT2D eigenvalue weighted by molar-refractivity contribution is 5.82. The molecule has 2 aromatic rings. The smallest absolute Gasteiger partial charge is 0.167 e. The number of aliphatic hydroxyl groups excluding tert-OH is 2. The minimum absolute atomic E-state index is 0.0403. The Labute approximate surface area is 161 Å². The zero-order valence-corrected chi connectivity index (χ0v) is 15.9. The van der Waals surface area contributed by atoms with Crippen molar-refractivity contribution in [1.82, 2.24) is 19.5 Å². The van der Waals surface area contributed by atoms with E-state index >= 15 is 0 Å². The summed E-state index contributed by atoms with van der Waals surface area (Å²) in [4.78, 5) is 13.2. The van der Waals surface area contributed by atoms with Crippen LogP contribution in [0.5, 0.6) is 0 Å². The average Bonchev–Trinajstić information content (AvgIpc) is 3.39. The van der Waals surface area contributed by atoms with Crippen LogP contribution in [0.15, 0.2) is 12.7 Å². The van der Waals surface area contributed by atoms with Crippen molar-refractivity contribution in [2.75, 3.05) is 11.9 Å². The molecule has 152 valence electrons. The van der Waals surface area contributed by atoms with E-state index in [0.717, 1.165) is 19.3 Å². The normalized spacial score (nSPS) is 36.9. The van der Waals surface area contributed by atoms with Gasteiger partial charge in [-0.25, -0.2) is 15.0 Å². The lowest BCUT2D eigenvalue weighted by molar-refractivity contribution is -0.199. The van der Waals surface area contributed by atoms with Crippen LogP contribution >= 0.6 is 0 Å². The number of rotatable bonds is 4. The Morgan fingerprint density at radius 2 is 2.04 bits per heavy atom. The molecule has 4 heterocycles. The van der Waals surface area contributed by atoms with Crippen molar-refractivity contribution in [3.05, 3.63) is 12.7 Å². The second kappa shape index (κ2) is 6.60. The van der Waals surface area contributed by atoms with E-state index in [1.807, 2.05) is 13.8 Å². The van der Waals surface area contributed by atoms with E-state index in [1.165, 1.54) is 6.33 Å². The number of hydrogen-bond acceptors (Lipinski definition) is 9. The maximum Gasteiger partial charge on any atom is 0.167 e. The van der Waals surface area contributed by atoms with E-state index in [0.29, 0.717) is 17.0 Å². The summed E-state index contributed by atoms with van der Waals surface area (Å²) >= 11 is 0. The first-order valence-corrected chi connectivity index (χ1v) is 9.71. The molecule has 0 amide bonds. The van der Waals surface area contributed by atoms with Gasteiger partial charge < -0.3 is 29.7 Å². The van der Waals surface area contributed by atoms with Gasteiger partial charge in [-0.1, -0.05) is 0 Å². The predicted molar refractivity (Wildman–Crippen MR) is 97.4 cm³/mol. The van der Waals surface area contributed by atoms with Gasteiger partial charge in [0, 0.05) is 0 Å². The molecule has 2 saturated heterocycles. The second-order valence-electron chi connectivity index (χ2n) is 8.11. The molecule has 6 atom stereocenters. The molecular formula is C18H25N5O5. The number of anilines is 1. The molecule has 5 rings (SSSR count). The Kier molecular flexibility index (Phi) is 4.29. The summed E-state index contributed by atoms with van der Waals surface area (Å²) < 4.78 is 19.8. The molecule has 0 bridgehead atoms. The lowest BCUT2D eigenvalue weighted by atomic mass is 10.1. The fraction of sp³-hybridized carbons (Fsp3) is 0.722. The summed E-state index contributed by atoms with van der Waals surface area (Å²) in [6.45, 7) is 3.53. The molecule has 28 heavy (non-hydrogen) atoms. The third kappa shape index (κ3) is 2.87. The maximum absolute atomic E-state index is 10.1. The van der Waals surface area contributed by atoms with Crippen molar-refractivity contribution in [1.29, 1.82) is 0 Å². The highest BCUT2D eigenvalue weighted by atomic mass is 16.8. The van der Waals surface area contributed by atoms with Crippen LogP contribution in [-0.4, -0.2) is 72.6 Å². The molecule has 3 fully saturated rings. The highest BCUT2D eigenvalue weighted by Crippen LogP contribution is 2.43. The number of aromatic nitrogens is 4. The van der Waals surface area contributed by atoms with Crippen molar-refractivity contribution in [3.8, 4) is 0 Å². The van der Waals surface area contributed by atoms with Gasteiger partial charge in [-0.05, 0) is 33.1 Å². The van der Waals surface area contributed by atoms with Gasteiger partial charge in [-0.15, -0.1) is 0 Å². The summed E-state index contributed by atoms with van der Waals surface area (Å²) in [5.74, 6) is -0.159. The van der Waals surface area contributed by atoms with Gasteiger partial charge in [0.1, 0.15) is 24.6 Å². The third-order valence-electron chi connectivity index (χ3n) is 5.74. The summed E-state index contributed by atoms with van der Waals surface area (Å²) in [5.41, 5.74) is 1.20. The van der Waals surface area contributed by atoms with Crippen molar-refractivity contribution >= 4 is 17.0 Å². The zero-order chi connectivity index (χ0) is 19.5. The molecule has 3 aliphatic rings. The molecular weight excluding hydrogens is 366 g/mol. The minimum atomic E-state index is -0.749. The van der Waals surface area contributed by atoms with Crippen molar-refractivity contribution in [3.63, 3.8) is 0 Å². The fourth-order valence-corrected chi connectivity index (χ4v) is 4.46. The number of imidazole rings is 1. The first kappa shape index (κ1) is 18.2. The SMILES string of the molecule is CC1(C)OC2C(CO)OC(n3cnc4c(NC5CCCC5O)ncnc43)C2O1. The summed E-state index contributed by atoms with van der Waals surface area (Å²) in [5, 5.41) is 23.1. The van der Waals surface area contributed by atoms with Gasteiger partial charge in [-0.2, -0.15) is 0 Å². The minimum Gasteiger partial charge on any atom is -0.394 e. The number of fused-ring (bicyclic) bond motifs is 2. The van der Waals surface area contributed by atoms with Crippen LogP contribution in [0.2, 0.25) is 0 Å². The lowest BCUT2D eigenvalue weighted by Crippen LogP contribution is -2.31. The Morgan fingerprint density at radius 1 is 1.21 bits per heavy atom. The summed E-state index contributed by atoms with van der Waals surface area (Å²) in [7, 11) is 0. The molecule has 1 aliphatic carbocycles. The Hall–Kier alpha value is -1.85. The van der Waals surface area contributed by atoms with Gasteiger partial charge >= 0.3 is 0 Å². The van der Waals surface area contributed by atoms with E-state index in [2.05, 4.69) is 20.3 Å². The number of nitrogens with zero attached hydrogens (tertiary/aromatic N) is 4. The number of hydrogen-bond donors (Lipinski definition) is 3. The molecule has 3 N–H and O–H groups in total. The van der Waals surface area contributed by atoms with Crippen LogP contribution < -0.4 is 5.32 Å². The molecule has 10 nitrogen and oxygen atoms in total. The van der Waals surface area contributed by atoms with Crippen molar-refractivity contribution in [2.45, 2.75) is 75.6 Å². The zero-order valence-electron chi connectivity index (χ0n) is 15.9. The van der Waals surface area contributed by atoms with Gasteiger partial charge in [0.2, 0.25) is 0 Å². The lowest BCUT2D eigenvalue weighted by Gasteiger charge is -2.24. The predicted octanol–water partition coefficient (Wildman–Crippen LogP) is 0.561. The molecule has 0 spiro atoms. The molecule has 0 radical (unpaired) electrons. The second-order valence-corrected chi connectivity index (χ2v) is 8.11. The Balaban J connectivity index is 1.48. The topological polar surface area (TPSA) is 124 Å². The van der Waals surface area contributed by atoms with Crippen LogP contribution in [0.3, 0.4) is 0 Å². The largest absolute Gasteiger partial charge is 0.394 e. The van der Waals surface area contributed by atoms with E-state index < -0.39 is 18.1 Å². The number of ether oxygens (including phenoxy) is 3. The molecule has 1 saturated carbocycles. The molecule has 0 aromatic carbocycles. The van der Waals surface area contributed by atoms with Crippen LogP contribution in [0.1, 0.15) is 39.3 Å². The third-order valence-corrected chi connectivity index (χ3v) is 5.74. The first-order chi connectivity index (χ1) is 13.5. The number of nitrogens with one attached hydrogen (secondary N) is 1. The Bertz CT molecular complexity index is 873. The van der Waals surface area contributed by atoms with Gasteiger partial charge in [0.15, 0.2) is 29.0 Å². The van der Waals surface area contributed by atoms with Crippen LogP contribution in [-0.2, 0) is 14.2 Å². The van der Waals surface area contributed by atoms with Crippen molar-refractivity contribution < 1.29 is 24.4 Å². The van der Waals surface area contributed by atoms with Gasteiger partial charge in [0.25, 0.3) is 0 Å². The van der Waals surface area contributed by atoms with E-state index in [1.54, 1.807) is 10.9 Å². The summed E-state index contributed by atoms with van der Waals surface area (Å²) in [6.07, 6.45) is 3.63. The maximum atomic E-state index is 10.1. The molecule has 10 heteroatoms. The van der Waals surface area contributed by atoms with E-state index in [4.69, 9.17) is 14.2 Å². The van der Waals surface area contributed by atoms with Crippen LogP contribution in [0.4, 0.5) is 5.82 Å². The first-order valence-electron chi connectivity index (χ1n) is 9.71. The Morgan fingerprint density at radius 3 is 2.79 bits per heavy atom.